The SMILES string of the molecule is CC(C)(C(N)=S)N1CCN(C(=O)c2cccc(F)c2)CC1. The lowest BCUT2D eigenvalue weighted by molar-refractivity contribution is 0.0539. The highest BCUT2D eigenvalue weighted by atomic mass is 32.1. The molecule has 1 aromatic carbocycles. The summed E-state index contributed by atoms with van der Waals surface area (Å²) in [7, 11) is 0. The Morgan fingerprint density at radius 3 is 2.43 bits per heavy atom. The fourth-order valence-corrected chi connectivity index (χ4v) is 2.56. The molecule has 0 spiro atoms. The summed E-state index contributed by atoms with van der Waals surface area (Å²) >= 11 is 5.10. The van der Waals surface area contributed by atoms with Crippen LogP contribution in [-0.4, -0.2) is 52.4 Å². The molecule has 0 radical (unpaired) electrons. The van der Waals surface area contributed by atoms with E-state index < -0.39 is 5.82 Å². The van der Waals surface area contributed by atoms with E-state index >= 15 is 0 Å². The zero-order chi connectivity index (χ0) is 15.6. The van der Waals surface area contributed by atoms with Gasteiger partial charge in [-0.1, -0.05) is 18.3 Å². The summed E-state index contributed by atoms with van der Waals surface area (Å²) in [5, 5.41) is 0. The van der Waals surface area contributed by atoms with Crippen LogP contribution in [0.1, 0.15) is 24.2 Å². The highest BCUT2D eigenvalue weighted by Gasteiger charge is 2.33. The van der Waals surface area contributed by atoms with Crippen LogP contribution in [0.4, 0.5) is 4.39 Å². The van der Waals surface area contributed by atoms with Crippen LogP contribution in [0.3, 0.4) is 0 Å². The van der Waals surface area contributed by atoms with Crippen LogP contribution in [0.15, 0.2) is 24.3 Å². The normalized spacial score (nSPS) is 16.8. The van der Waals surface area contributed by atoms with Gasteiger partial charge in [0.05, 0.1) is 10.5 Å². The van der Waals surface area contributed by atoms with Crippen molar-refractivity contribution in [2.45, 2.75) is 19.4 Å². The molecule has 0 unspecified atom stereocenters. The number of thiocarbonyl (C=S) groups is 1. The molecule has 4 nitrogen and oxygen atoms in total. The molecule has 1 saturated heterocycles. The molecule has 0 saturated carbocycles. The predicted molar refractivity (Wildman–Crippen MR) is 84.7 cm³/mol. The van der Waals surface area contributed by atoms with Gasteiger partial charge in [-0.15, -0.1) is 0 Å². The number of hydrogen-bond donors (Lipinski definition) is 1. The lowest BCUT2D eigenvalue weighted by Crippen LogP contribution is -2.59. The van der Waals surface area contributed by atoms with Gasteiger partial charge in [-0.05, 0) is 32.0 Å². The average molecular weight is 309 g/mol. The van der Waals surface area contributed by atoms with Crippen LogP contribution < -0.4 is 5.73 Å². The van der Waals surface area contributed by atoms with Crippen molar-refractivity contribution in [2.24, 2.45) is 5.73 Å². The summed E-state index contributed by atoms with van der Waals surface area (Å²) in [6.45, 7) is 6.54. The summed E-state index contributed by atoms with van der Waals surface area (Å²) in [5.74, 6) is -0.531. The van der Waals surface area contributed by atoms with Gasteiger partial charge in [0, 0.05) is 31.7 Å². The molecular weight excluding hydrogens is 289 g/mol. The lowest BCUT2D eigenvalue weighted by atomic mass is 10.0. The predicted octanol–water partition coefficient (Wildman–Crippen LogP) is 1.65. The van der Waals surface area contributed by atoms with E-state index in [1.165, 1.54) is 12.1 Å². The van der Waals surface area contributed by atoms with Crippen LogP contribution in [-0.2, 0) is 0 Å². The summed E-state index contributed by atoms with van der Waals surface area (Å²) < 4.78 is 13.2. The summed E-state index contributed by atoms with van der Waals surface area (Å²) in [4.78, 5) is 16.7. The Kier molecular flexibility index (Phi) is 4.58. The van der Waals surface area contributed by atoms with Crippen molar-refractivity contribution in [1.29, 1.82) is 0 Å². The van der Waals surface area contributed by atoms with Gasteiger partial charge >= 0.3 is 0 Å². The second-order valence-corrected chi connectivity index (χ2v) is 6.15. The summed E-state index contributed by atoms with van der Waals surface area (Å²) in [5.41, 5.74) is 5.80. The van der Waals surface area contributed by atoms with Crippen molar-refractivity contribution in [3.63, 3.8) is 0 Å². The Morgan fingerprint density at radius 1 is 1.29 bits per heavy atom. The fraction of sp³-hybridized carbons (Fsp3) is 0.467. The maximum absolute atomic E-state index is 13.2. The molecule has 1 aliphatic heterocycles. The standard InChI is InChI=1S/C15H20FN3OS/c1-15(2,14(17)21)19-8-6-18(7-9-19)13(20)11-4-3-5-12(16)10-11/h3-5,10H,6-9H2,1-2H3,(H2,17,21). The Bertz CT molecular complexity index is 554. The molecule has 1 aromatic rings. The van der Waals surface area contributed by atoms with Gasteiger partial charge in [-0.3, -0.25) is 9.69 Å². The van der Waals surface area contributed by atoms with E-state index in [-0.39, 0.29) is 11.4 Å². The second-order valence-electron chi connectivity index (χ2n) is 5.71. The van der Waals surface area contributed by atoms with Crippen LogP contribution in [0.25, 0.3) is 0 Å². The topological polar surface area (TPSA) is 49.6 Å². The number of amides is 1. The van der Waals surface area contributed by atoms with Gasteiger partial charge in [-0.25, -0.2) is 4.39 Å². The van der Waals surface area contributed by atoms with Gasteiger partial charge in [0.1, 0.15) is 5.82 Å². The lowest BCUT2D eigenvalue weighted by Gasteiger charge is -2.43. The third-order valence-corrected chi connectivity index (χ3v) is 4.53. The minimum atomic E-state index is -0.394. The quantitative estimate of drug-likeness (QED) is 0.863. The van der Waals surface area contributed by atoms with Crippen molar-refractivity contribution in [2.75, 3.05) is 26.2 Å². The van der Waals surface area contributed by atoms with Crippen molar-refractivity contribution in [1.82, 2.24) is 9.80 Å². The number of hydrogen-bond acceptors (Lipinski definition) is 3. The molecule has 2 rings (SSSR count). The van der Waals surface area contributed by atoms with E-state index in [4.69, 9.17) is 18.0 Å². The Labute approximate surface area is 129 Å². The minimum absolute atomic E-state index is 0.137. The number of rotatable bonds is 3. The zero-order valence-electron chi connectivity index (χ0n) is 12.3. The van der Waals surface area contributed by atoms with Gasteiger partial charge in [-0.2, -0.15) is 0 Å². The van der Waals surface area contributed by atoms with Crippen molar-refractivity contribution < 1.29 is 9.18 Å². The van der Waals surface area contributed by atoms with Gasteiger partial charge in [0.25, 0.3) is 5.91 Å². The molecule has 0 aromatic heterocycles. The third kappa shape index (κ3) is 3.39. The van der Waals surface area contributed by atoms with Crippen LogP contribution in [0, 0.1) is 5.82 Å². The van der Waals surface area contributed by atoms with E-state index in [1.54, 1.807) is 17.0 Å². The van der Waals surface area contributed by atoms with Gasteiger partial charge in [0.15, 0.2) is 0 Å². The van der Waals surface area contributed by atoms with Crippen LogP contribution >= 0.6 is 12.2 Å². The second kappa shape index (κ2) is 6.07. The van der Waals surface area contributed by atoms with E-state index in [1.807, 2.05) is 13.8 Å². The fourth-order valence-electron chi connectivity index (χ4n) is 2.43. The Hall–Kier alpha value is -1.53. The Morgan fingerprint density at radius 2 is 1.90 bits per heavy atom. The molecule has 2 N–H and O–H groups in total. The third-order valence-electron chi connectivity index (χ3n) is 4.03. The zero-order valence-corrected chi connectivity index (χ0v) is 13.1. The van der Waals surface area contributed by atoms with E-state index in [0.717, 1.165) is 0 Å². The smallest absolute Gasteiger partial charge is 0.254 e. The number of carbonyl (C=O) groups excluding carboxylic acids is 1. The highest BCUT2D eigenvalue weighted by molar-refractivity contribution is 7.80. The monoisotopic (exact) mass is 309 g/mol. The van der Waals surface area contributed by atoms with Gasteiger partial charge < -0.3 is 10.6 Å². The Balaban J connectivity index is 2.01. The average Bonchev–Trinajstić information content (AvgIpc) is 2.46. The number of benzene rings is 1. The first-order valence-electron chi connectivity index (χ1n) is 6.92. The molecule has 1 aliphatic rings. The first kappa shape index (κ1) is 15.9. The maximum Gasteiger partial charge on any atom is 0.254 e. The molecular formula is C15H20FN3OS. The number of nitrogens with zero attached hydrogens (tertiary/aromatic N) is 2. The molecule has 0 aliphatic carbocycles. The van der Waals surface area contributed by atoms with Crippen LogP contribution in [0.5, 0.6) is 0 Å². The van der Waals surface area contributed by atoms with Crippen molar-refractivity contribution in [3.8, 4) is 0 Å². The first-order valence-corrected chi connectivity index (χ1v) is 7.33. The molecule has 1 fully saturated rings. The van der Waals surface area contributed by atoms with Gasteiger partial charge in [0.2, 0.25) is 0 Å². The maximum atomic E-state index is 13.2. The molecule has 0 bridgehead atoms. The largest absolute Gasteiger partial charge is 0.392 e. The van der Waals surface area contributed by atoms with E-state index in [9.17, 15) is 9.18 Å². The molecule has 6 heteroatoms. The summed E-state index contributed by atoms with van der Waals surface area (Å²) in [6, 6.07) is 5.79. The molecule has 21 heavy (non-hydrogen) atoms. The first-order chi connectivity index (χ1) is 9.82. The van der Waals surface area contributed by atoms with E-state index in [2.05, 4.69) is 4.90 Å². The molecule has 1 heterocycles. The van der Waals surface area contributed by atoms with Crippen molar-refractivity contribution >= 4 is 23.1 Å². The number of halogens is 1. The van der Waals surface area contributed by atoms with Crippen molar-refractivity contribution in [3.05, 3.63) is 35.6 Å². The number of carbonyl (C=O) groups is 1. The number of piperazine rings is 1. The molecule has 0 atom stereocenters. The summed E-state index contributed by atoms with van der Waals surface area (Å²) in [6.07, 6.45) is 0. The number of nitrogens with two attached hydrogens (primary N) is 1. The van der Waals surface area contributed by atoms with Crippen LogP contribution in [0.2, 0.25) is 0 Å². The molecule has 114 valence electrons. The molecule has 1 amide bonds. The van der Waals surface area contributed by atoms with E-state index in [0.29, 0.717) is 36.7 Å². The minimum Gasteiger partial charge on any atom is -0.392 e. The highest BCUT2D eigenvalue weighted by Crippen LogP contribution is 2.18.